The zero-order chi connectivity index (χ0) is 17.2. The summed E-state index contributed by atoms with van der Waals surface area (Å²) in [6, 6.07) is 6.78. The fourth-order valence-electron chi connectivity index (χ4n) is 4.14. The van der Waals surface area contributed by atoms with Gasteiger partial charge in [0.15, 0.2) is 0 Å². The molecule has 1 aromatic rings. The molecule has 6 heteroatoms. The van der Waals surface area contributed by atoms with Crippen LogP contribution in [0, 0.1) is 5.41 Å². The fourth-order valence-corrected chi connectivity index (χ4v) is 4.14. The van der Waals surface area contributed by atoms with Gasteiger partial charge in [0.1, 0.15) is 0 Å². The van der Waals surface area contributed by atoms with Crippen molar-refractivity contribution in [3.63, 3.8) is 0 Å². The van der Waals surface area contributed by atoms with E-state index in [1.165, 1.54) is 6.07 Å². The molecule has 0 aliphatic carbocycles. The van der Waals surface area contributed by atoms with Crippen LogP contribution in [-0.4, -0.2) is 48.5 Å². The van der Waals surface area contributed by atoms with Crippen molar-refractivity contribution in [2.45, 2.75) is 44.5 Å². The Bertz CT molecular complexity index is 559. The number of aliphatic hydroxyl groups excluding tert-OH is 1. The molecule has 2 saturated heterocycles. The van der Waals surface area contributed by atoms with E-state index in [1.807, 2.05) is 6.07 Å². The molecular weight excluding hydrogens is 317 g/mol. The van der Waals surface area contributed by atoms with E-state index in [9.17, 15) is 18.3 Å². The van der Waals surface area contributed by atoms with Crippen molar-refractivity contribution < 1.29 is 18.3 Å². The summed E-state index contributed by atoms with van der Waals surface area (Å²) in [7, 11) is 0. The van der Waals surface area contributed by atoms with Gasteiger partial charge in [-0.1, -0.05) is 24.3 Å². The molecule has 3 nitrogen and oxygen atoms in total. The van der Waals surface area contributed by atoms with Crippen LogP contribution in [0.5, 0.6) is 0 Å². The van der Waals surface area contributed by atoms with Crippen molar-refractivity contribution in [2.24, 2.45) is 5.41 Å². The van der Waals surface area contributed by atoms with Gasteiger partial charge in [-0.3, -0.25) is 4.90 Å². The SMILES string of the molecule is O[C@H]1CCNC[C@]12CCCN(Cc1cccc(CC(F)(F)F)c1)C2. The summed E-state index contributed by atoms with van der Waals surface area (Å²) in [5.74, 6) is 0. The standard InChI is InChI=1S/C18H25F3N2O/c19-18(20,21)10-14-3-1-4-15(9-14)11-23-8-2-6-17(13-23)12-22-7-5-16(17)24/h1,3-4,9,16,22,24H,2,5-8,10-13H2/t16-,17-/m0/s1. The maximum absolute atomic E-state index is 12.6. The summed E-state index contributed by atoms with van der Waals surface area (Å²) in [4.78, 5) is 2.27. The van der Waals surface area contributed by atoms with Crippen molar-refractivity contribution in [3.8, 4) is 0 Å². The largest absolute Gasteiger partial charge is 0.393 e. The number of aliphatic hydroxyl groups is 1. The number of benzene rings is 1. The molecule has 2 aliphatic rings. The Morgan fingerprint density at radius 1 is 1.29 bits per heavy atom. The first-order valence-corrected chi connectivity index (χ1v) is 8.62. The van der Waals surface area contributed by atoms with E-state index in [2.05, 4.69) is 10.2 Å². The molecule has 1 aromatic carbocycles. The summed E-state index contributed by atoms with van der Waals surface area (Å²) in [5.41, 5.74) is 1.11. The Morgan fingerprint density at radius 3 is 2.83 bits per heavy atom. The van der Waals surface area contributed by atoms with Gasteiger partial charge >= 0.3 is 6.18 Å². The number of alkyl halides is 3. The lowest BCUT2D eigenvalue weighted by atomic mass is 9.72. The third kappa shape index (κ3) is 4.29. The quantitative estimate of drug-likeness (QED) is 0.887. The van der Waals surface area contributed by atoms with Gasteiger partial charge in [-0.15, -0.1) is 0 Å². The Morgan fingerprint density at radius 2 is 2.08 bits per heavy atom. The number of hydrogen-bond acceptors (Lipinski definition) is 3. The Balaban J connectivity index is 1.66. The lowest BCUT2D eigenvalue weighted by Crippen LogP contribution is -2.57. The van der Waals surface area contributed by atoms with Crippen molar-refractivity contribution in [1.29, 1.82) is 0 Å². The van der Waals surface area contributed by atoms with Crippen molar-refractivity contribution in [3.05, 3.63) is 35.4 Å². The van der Waals surface area contributed by atoms with E-state index >= 15 is 0 Å². The van der Waals surface area contributed by atoms with Crippen molar-refractivity contribution in [1.82, 2.24) is 10.2 Å². The van der Waals surface area contributed by atoms with E-state index in [1.54, 1.807) is 12.1 Å². The zero-order valence-corrected chi connectivity index (χ0v) is 13.8. The maximum Gasteiger partial charge on any atom is 0.393 e. The Kier molecular flexibility index (Phi) is 5.18. The van der Waals surface area contributed by atoms with Gasteiger partial charge in [-0.25, -0.2) is 0 Å². The molecule has 2 atom stereocenters. The van der Waals surface area contributed by atoms with Crippen LogP contribution in [0.3, 0.4) is 0 Å². The molecule has 2 aliphatic heterocycles. The third-order valence-electron chi connectivity index (χ3n) is 5.27. The molecule has 2 N–H and O–H groups in total. The van der Waals surface area contributed by atoms with Gasteiger partial charge < -0.3 is 10.4 Å². The van der Waals surface area contributed by atoms with Crippen molar-refractivity contribution in [2.75, 3.05) is 26.2 Å². The molecular formula is C18H25F3N2O. The van der Waals surface area contributed by atoms with E-state index in [4.69, 9.17) is 0 Å². The molecule has 134 valence electrons. The van der Waals surface area contributed by atoms with Gasteiger partial charge in [0.2, 0.25) is 0 Å². The number of hydrogen-bond donors (Lipinski definition) is 2. The summed E-state index contributed by atoms with van der Waals surface area (Å²) >= 11 is 0. The molecule has 24 heavy (non-hydrogen) atoms. The first-order valence-electron chi connectivity index (χ1n) is 8.62. The van der Waals surface area contributed by atoms with Crippen LogP contribution < -0.4 is 5.32 Å². The minimum Gasteiger partial charge on any atom is -0.392 e. The first kappa shape index (κ1) is 17.7. The zero-order valence-electron chi connectivity index (χ0n) is 13.8. The highest BCUT2D eigenvalue weighted by Crippen LogP contribution is 2.36. The molecule has 0 aromatic heterocycles. The Hall–Kier alpha value is -1.11. The van der Waals surface area contributed by atoms with Crippen molar-refractivity contribution >= 4 is 0 Å². The topological polar surface area (TPSA) is 35.5 Å². The molecule has 0 unspecified atom stereocenters. The van der Waals surface area contributed by atoms with Crippen LogP contribution in [0.4, 0.5) is 13.2 Å². The van der Waals surface area contributed by atoms with Gasteiger partial charge in [-0.05, 0) is 43.5 Å². The lowest BCUT2D eigenvalue weighted by Gasteiger charge is -2.48. The monoisotopic (exact) mass is 342 g/mol. The van der Waals surface area contributed by atoms with Crippen LogP contribution in [0.25, 0.3) is 0 Å². The smallest absolute Gasteiger partial charge is 0.392 e. The van der Waals surface area contributed by atoms with Crippen LogP contribution in [0.1, 0.15) is 30.4 Å². The molecule has 0 bridgehead atoms. The normalized spacial score (nSPS) is 29.1. The van der Waals surface area contributed by atoms with E-state index in [0.29, 0.717) is 12.1 Å². The number of halogens is 3. The second kappa shape index (κ2) is 7.02. The van der Waals surface area contributed by atoms with Crippen LogP contribution in [-0.2, 0) is 13.0 Å². The van der Waals surface area contributed by atoms with Gasteiger partial charge in [0.25, 0.3) is 0 Å². The second-order valence-electron chi connectivity index (χ2n) is 7.27. The van der Waals surface area contributed by atoms with Gasteiger partial charge in [0.05, 0.1) is 12.5 Å². The number of nitrogens with one attached hydrogen (secondary N) is 1. The predicted octanol–water partition coefficient (Wildman–Crippen LogP) is 2.73. The highest BCUT2D eigenvalue weighted by molar-refractivity contribution is 5.24. The van der Waals surface area contributed by atoms with Crippen LogP contribution in [0.2, 0.25) is 0 Å². The van der Waals surface area contributed by atoms with Crippen LogP contribution in [0.15, 0.2) is 24.3 Å². The molecule has 0 radical (unpaired) electrons. The van der Waals surface area contributed by atoms with Gasteiger partial charge in [0, 0.05) is 25.0 Å². The molecule has 0 saturated carbocycles. The molecule has 2 heterocycles. The summed E-state index contributed by atoms with van der Waals surface area (Å²) in [6.45, 7) is 4.03. The number of rotatable bonds is 3. The molecule has 1 spiro atoms. The number of nitrogens with zero attached hydrogens (tertiary/aromatic N) is 1. The fraction of sp³-hybridized carbons (Fsp3) is 0.667. The minimum atomic E-state index is -4.17. The number of likely N-dealkylation sites (tertiary alicyclic amines) is 1. The summed E-state index contributed by atoms with van der Waals surface area (Å²) in [5, 5.41) is 13.8. The summed E-state index contributed by atoms with van der Waals surface area (Å²) in [6.07, 6.45) is -2.56. The molecule has 0 amide bonds. The predicted molar refractivity (Wildman–Crippen MR) is 86.6 cm³/mol. The number of piperidine rings is 2. The summed E-state index contributed by atoms with van der Waals surface area (Å²) < 4.78 is 37.7. The van der Waals surface area contributed by atoms with E-state index < -0.39 is 12.6 Å². The highest BCUT2D eigenvalue weighted by Gasteiger charge is 2.42. The lowest BCUT2D eigenvalue weighted by molar-refractivity contribution is -0.127. The average molecular weight is 342 g/mol. The first-order chi connectivity index (χ1) is 11.4. The third-order valence-corrected chi connectivity index (χ3v) is 5.27. The average Bonchev–Trinajstić information content (AvgIpc) is 2.49. The van der Waals surface area contributed by atoms with E-state index in [0.717, 1.165) is 51.0 Å². The molecule has 2 fully saturated rings. The minimum absolute atomic E-state index is 0.111. The Labute approximate surface area is 140 Å². The molecule has 3 rings (SSSR count). The second-order valence-corrected chi connectivity index (χ2v) is 7.27. The van der Waals surface area contributed by atoms with Gasteiger partial charge in [-0.2, -0.15) is 13.2 Å². The maximum atomic E-state index is 12.6. The van der Waals surface area contributed by atoms with E-state index in [-0.39, 0.29) is 11.5 Å². The van der Waals surface area contributed by atoms with Crippen LogP contribution >= 0.6 is 0 Å². The highest BCUT2D eigenvalue weighted by atomic mass is 19.4.